The Balaban J connectivity index is 2.69. The standard InChI is InChI=1S/C12H22BrN3/c1-5-9(6-2)14-8-11-12(13)10(7-3)15-16(11)4/h9,14H,5-8H2,1-4H3. The molecule has 0 saturated carbocycles. The molecule has 0 radical (unpaired) electrons. The minimum absolute atomic E-state index is 0.604. The molecule has 0 aliphatic heterocycles. The fraction of sp³-hybridized carbons (Fsp3) is 0.750. The third kappa shape index (κ3) is 3.08. The average molecular weight is 288 g/mol. The van der Waals surface area contributed by atoms with Gasteiger partial charge in [0.05, 0.1) is 15.9 Å². The van der Waals surface area contributed by atoms with Gasteiger partial charge in [-0.05, 0) is 35.2 Å². The molecular weight excluding hydrogens is 266 g/mol. The van der Waals surface area contributed by atoms with Crippen LogP contribution in [0, 0.1) is 0 Å². The first-order valence-electron chi connectivity index (χ1n) is 6.07. The van der Waals surface area contributed by atoms with Gasteiger partial charge in [-0.15, -0.1) is 0 Å². The van der Waals surface area contributed by atoms with Crippen molar-refractivity contribution in [2.75, 3.05) is 0 Å². The molecule has 1 aromatic rings. The maximum absolute atomic E-state index is 4.49. The van der Waals surface area contributed by atoms with Gasteiger partial charge in [-0.25, -0.2) is 0 Å². The van der Waals surface area contributed by atoms with E-state index in [1.165, 1.54) is 18.5 Å². The number of halogens is 1. The molecule has 0 atom stereocenters. The fourth-order valence-electron chi connectivity index (χ4n) is 1.83. The second kappa shape index (κ2) is 6.40. The Morgan fingerprint density at radius 2 is 1.94 bits per heavy atom. The summed E-state index contributed by atoms with van der Waals surface area (Å²) in [6, 6.07) is 0.604. The lowest BCUT2D eigenvalue weighted by molar-refractivity contribution is 0.472. The highest BCUT2D eigenvalue weighted by molar-refractivity contribution is 9.10. The van der Waals surface area contributed by atoms with E-state index in [9.17, 15) is 0 Å². The highest BCUT2D eigenvalue weighted by Crippen LogP contribution is 2.21. The van der Waals surface area contributed by atoms with Crippen molar-refractivity contribution in [3.8, 4) is 0 Å². The van der Waals surface area contributed by atoms with Crippen LogP contribution in [0.5, 0.6) is 0 Å². The first-order valence-corrected chi connectivity index (χ1v) is 6.86. The Hall–Kier alpha value is -0.350. The smallest absolute Gasteiger partial charge is 0.0767 e. The minimum atomic E-state index is 0.604. The van der Waals surface area contributed by atoms with Crippen molar-refractivity contribution in [2.45, 2.75) is 52.6 Å². The van der Waals surface area contributed by atoms with Gasteiger partial charge in [0.1, 0.15) is 0 Å². The zero-order valence-corrected chi connectivity index (χ0v) is 12.3. The Morgan fingerprint density at radius 1 is 1.31 bits per heavy atom. The lowest BCUT2D eigenvalue weighted by Gasteiger charge is -2.14. The van der Waals surface area contributed by atoms with E-state index in [1.807, 2.05) is 11.7 Å². The summed E-state index contributed by atoms with van der Waals surface area (Å²) >= 11 is 3.63. The summed E-state index contributed by atoms with van der Waals surface area (Å²) in [5, 5.41) is 8.05. The highest BCUT2D eigenvalue weighted by atomic mass is 79.9. The summed E-state index contributed by atoms with van der Waals surface area (Å²) in [4.78, 5) is 0. The SMILES string of the molecule is CCc1nn(C)c(CNC(CC)CC)c1Br. The van der Waals surface area contributed by atoms with Crippen LogP contribution in [0.3, 0.4) is 0 Å². The molecule has 1 N–H and O–H groups in total. The third-order valence-electron chi connectivity index (χ3n) is 3.05. The molecule has 4 heteroatoms. The monoisotopic (exact) mass is 287 g/mol. The zero-order valence-electron chi connectivity index (χ0n) is 10.7. The van der Waals surface area contributed by atoms with Crippen LogP contribution in [0.1, 0.15) is 45.0 Å². The number of aryl methyl sites for hydroxylation is 2. The molecule has 1 heterocycles. The van der Waals surface area contributed by atoms with Crippen molar-refractivity contribution in [1.82, 2.24) is 15.1 Å². The molecule has 0 saturated heterocycles. The van der Waals surface area contributed by atoms with E-state index in [4.69, 9.17) is 0 Å². The predicted molar refractivity (Wildman–Crippen MR) is 71.5 cm³/mol. The molecule has 0 aliphatic carbocycles. The molecule has 0 bridgehead atoms. The Kier molecular flexibility index (Phi) is 5.49. The first-order chi connectivity index (χ1) is 7.63. The third-order valence-corrected chi connectivity index (χ3v) is 3.96. The van der Waals surface area contributed by atoms with Crippen LogP contribution in [0.15, 0.2) is 4.47 Å². The molecule has 0 fully saturated rings. The topological polar surface area (TPSA) is 29.9 Å². The summed E-state index contributed by atoms with van der Waals surface area (Å²) in [5.41, 5.74) is 2.38. The van der Waals surface area contributed by atoms with Crippen molar-refractivity contribution in [3.63, 3.8) is 0 Å². The van der Waals surface area contributed by atoms with Crippen LogP contribution in [-0.4, -0.2) is 15.8 Å². The summed E-state index contributed by atoms with van der Waals surface area (Å²) in [7, 11) is 2.01. The summed E-state index contributed by atoms with van der Waals surface area (Å²) in [6.07, 6.45) is 3.32. The lowest BCUT2D eigenvalue weighted by atomic mass is 10.1. The normalized spacial score (nSPS) is 11.4. The van der Waals surface area contributed by atoms with E-state index in [-0.39, 0.29) is 0 Å². The van der Waals surface area contributed by atoms with Crippen molar-refractivity contribution in [1.29, 1.82) is 0 Å². The van der Waals surface area contributed by atoms with Gasteiger partial charge in [0.15, 0.2) is 0 Å². The molecule has 3 nitrogen and oxygen atoms in total. The zero-order chi connectivity index (χ0) is 12.1. The van der Waals surface area contributed by atoms with Gasteiger partial charge in [0.25, 0.3) is 0 Å². The van der Waals surface area contributed by atoms with E-state index in [0.29, 0.717) is 6.04 Å². The summed E-state index contributed by atoms with van der Waals surface area (Å²) in [5.74, 6) is 0. The van der Waals surface area contributed by atoms with Crippen molar-refractivity contribution >= 4 is 15.9 Å². The predicted octanol–water partition coefficient (Wildman–Crippen LogP) is 3.02. The van der Waals surface area contributed by atoms with Crippen LogP contribution in [0.2, 0.25) is 0 Å². The number of rotatable bonds is 6. The van der Waals surface area contributed by atoms with Gasteiger partial charge in [0, 0.05) is 19.6 Å². The lowest BCUT2D eigenvalue weighted by Crippen LogP contribution is -2.28. The number of aromatic nitrogens is 2. The van der Waals surface area contributed by atoms with E-state index in [2.05, 4.69) is 47.1 Å². The molecule has 0 aliphatic rings. The number of nitrogens with zero attached hydrogens (tertiary/aromatic N) is 2. The van der Waals surface area contributed by atoms with Gasteiger partial charge in [-0.2, -0.15) is 5.10 Å². The van der Waals surface area contributed by atoms with Crippen LogP contribution in [-0.2, 0) is 20.0 Å². The van der Waals surface area contributed by atoms with Crippen LogP contribution >= 0.6 is 15.9 Å². The molecule has 0 aromatic carbocycles. The van der Waals surface area contributed by atoms with Gasteiger partial charge in [-0.1, -0.05) is 20.8 Å². The van der Waals surface area contributed by atoms with E-state index < -0.39 is 0 Å². The molecule has 92 valence electrons. The van der Waals surface area contributed by atoms with Crippen LogP contribution in [0.4, 0.5) is 0 Å². The van der Waals surface area contributed by atoms with Gasteiger partial charge >= 0.3 is 0 Å². The largest absolute Gasteiger partial charge is 0.308 e. The number of hydrogen-bond donors (Lipinski definition) is 1. The van der Waals surface area contributed by atoms with E-state index in [0.717, 1.165) is 23.1 Å². The van der Waals surface area contributed by atoms with E-state index in [1.54, 1.807) is 0 Å². The molecule has 1 rings (SSSR count). The number of hydrogen-bond acceptors (Lipinski definition) is 2. The molecule has 0 unspecified atom stereocenters. The quantitative estimate of drug-likeness (QED) is 0.872. The van der Waals surface area contributed by atoms with Gasteiger partial charge < -0.3 is 5.32 Å². The first kappa shape index (κ1) is 13.7. The maximum atomic E-state index is 4.49. The Bertz CT molecular complexity index is 329. The second-order valence-electron chi connectivity index (χ2n) is 4.08. The van der Waals surface area contributed by atoms with Crippen molar-refractivity contribution in [2.24, 2.45) is 7.05 Å². The van der Waals surface area contributed by atoms with Crippen molar-refractivity contribution in [3.05, 3.63) is 15.9 Å². The van der Waals surface area contributed by atoms with Crippen LogP contribution < -0.4 is 5.32 Å². The van der Waals surface area contributed by atoms with E-state index >= 15 is 0 Å². The van der Waals surface area contributed by atoms with Crippen molar-refractivity contribution < 1.29 is 0 Å². The average Bonchev–Trinajstić information content (AvgIpc) is 2.56. The number of nitrogens with one attached hydrogen (secondary N) is 1. The van der Waals surface area contributed by atoms with Gasteiger partial charge in [-0.3, -0.25) is 4.68 Å². The minimum Gasteiger partial charge on any atom is -0.308 e. The molecule has 0 spiro atoms. The molecule has 16 heavy (non-hydrogen) atoms. The maximum Gasteiger partial charge on any atom is 0.0767 e. The second-order valence-corrected chi connectivity index (χ2v) is 4.87. The fourth-order valence-corrected chi connectivity index (χ4v) is 2.59. The van der Waals surface area contributed by atoms with Crippen LogP contribution in [0.25, 0.3) is 0 Å². The summed E-state index contributed by atoms with van der Waals surface area (Å²) in [6.45, 7) is 7.45. The molecule has 1 aromatic heterocycles. The highest BCUT2D eigenvalue weighted by Gasteiger charge is 2.13. The van der Waals surface area contributed by atoms with Gasteiger partial charge in [0.2, 0.25) is 0 Å². The molecular formula is C12H22BrN3. The summed E-state index contributed by atoms with van der Waals surface area (Å²) < 4.78 is 3.13. The Morgan fingerprint density at radius 3 is 2.38 bits per heavy atom. The molecule has 0 amide bonds. The Labute approximate surface area is 107 Å².